The quantitative estimate of drug-likeness (QED) is 0.570. The fourth-order valence-corrected chi connectivity index (χ4v) is 4.28. The van der Waals surface area contributed by atoms with Crippen molar-refractivity contribution in [1.29, 1.82) is 0 Å². The third-order valence-electron chi connectivity index (χ3n) is 6.45. The van der Waals surface area contributed by atoms with Crippen LogP contribution in [0.5, 0.6) is 0 Å². The lowest BCUT2D eigenvalue weighted by Crippen LogP contribution is -2.45. The number of hydrogen-bond acceptors (Lipinski definition) is 7. The number of aromatic amines is 1. The summed E-state index contributed by atoms with van der Waals surface area (Å²) in [6.07, 6.45) is 1.62. The molecule has 30 heavy (non-hydrogen) atoms. The molecule has 0 radical (unpaired) electrons. The number of amides is 1. The number of hydrogen-bond donors (Lipinski definition) is 3. The summed E-state index contributed by atoms with van der Waals surface area (Å²) in [6, 6.07) is 1.70. The van der Waals surface area contributed by atoms with E-state index >= 15 is 0 Å². The number of ether oxygens (including phenoxy) is 1. The summed E-state index contributed by atoms with van der Waals surface area (Å²) in [5.74, 6) is -0.474. The van der Waals surface area contributed by atoms with Crippen molar-refractivity contribution in [3.8, 4) is 0 Å². The Morgan fingerprint density at radius 1 is 1.17 bits per heavy atom. The summed E-state index contributed by atoms with van der Waals surface area (Å²) < 4.78 is 5.45. The summed E-state index contributed by atoms with van der Waals surface area (Å²) in [4.78, 5) is 29.7. The molecule has 2 aliphatic rings. The molecule has 0 saturated carbocycles. The first-order chi connectivity index (χ1) is 14.3. The molecule has 168 valence electrons. The Kier molecular flexibility index (Phi) is 7.49. The van der Waals surface area contributed by atoms with Crippen LogP contribution < -0.4 is 0 Å². The van der Waals surface area contributed by atoms with Crippen LogP contribution in [0, 0.1) is 12.3 Å². The second-order valence-electron chi connectivity index (χ2n) is 8.79. The van der Waals surface area contributed by atoms with Gasteiger partial charge in [-0.15, -0.1) is 0 Å². The standard InChI is InChI=1S/C21H34N4O5/c1-15-13-16(23-22-15)19(28)25-9-4-3-6-21(7-11-24(2)12-8-21)20(29)30-14-18(27)17(26)5-10-25/h13,17-18,26-27H,3-12,14H2,1-2H3,(H,22,23)/t17-,18+/m0/s1. The molecule has 3 heterocycles. The number of esters is 1. The van der Waals surface area contributed by atoms with E-state index in [9.17, 15) is 19.8 Å². The molecule has 3 rings (SSSR count). The van der Waals surface area contributed by atoms with E-state index in [1.807, 2.05) is 14.0 Å². The van der Waals surface area contributed by atoms with Gasteiger partial charge in [0, 0.05) is 18.8 Å². The van der Waals surface area contributed by atoms with Gasteiger partial charge < -0.3 is 24.7 Å². The SMILES string of the molecule is Cc1cc(C(=O)N2CCCCC3(CCN(C)CC3)C(=O)OC[C@@H](O)[C@@H](O)CC2)n[nH]1. The van der Waals surface area contributed by atoms with E-state index < -0.39 is 17.6 Å². The number of rotatable bonds is 1. The molecule has 9 nitrogen and oxygen atoms in total. The third-order valence-corrected chi connectivity index (χ3v) is 6.45. The Labute approximate surface area is 177 Å². The Hall–Kier alpha value is -1.97. The number of piperidine rings is 1. The fraction of sp³-hybridized carbons (Fsp3) is 0.762. The van der Waals surface area contributed by atoms with E-state index in [0.29, 0.717) is 25.2 Å². The molecule has 0 bridgehead atoms. The van der Waals surface area contributed by atoms with Gasteiger partial charge in [-0.2, -0.15) is 5.10 Å². The van der Waals surface area contributed by atoms with Crippen LogP contribution in [0.2, 0.25) is 0 Å². The van der Waals surface area contributed by atoms with Crippen molar-refractivity contribution in [2.24, 2.45) is 5.41 Å². The van der Waals surface area contributed by atoms with Crippen molar-refractivity contribution in [2.45, 2.75) is 57.7 Å². The first-order valence-corrected chi connectivity index (χ1v) is 10.8. The molecule has 1 amide bonds. The molecule has 0 aromatic carbocycles. The summed E-state index contributed by atoms with van der Waals surface area (Å²) in [5.41, 5.74) is 0.594. The zero-order valence-electron chi connectivity index (χ0n) is 18.0. The normalized spacial score (nSPS) is 27.1. The summed E-state index contributed by atoms with van der Waals surface area (Å²) in [7, 11) is 2.04. The van der Waals surface area contributed by atoms with E-state index in [1.165, 1.54) is 0 Å². The highest BCUT2D eigenvalue weighted by atomic mass is 16.5. The van der Waals surface area contributed by atoms with Crippen LogP contribution >= 0.6 is 0 Å². The van der Waals surface area contributed by atoms with Crippen molar-refractivity contribution < 1.29 is 24.5 Å². The number of aryl methyl sites for hydroxylation is 1. The van der Waals surface area contributed by atoms with Crippen LogP contribution in [0.4, 0.5) is 0 Å². The van der Waals surface area contributed by atoms with Gasteiger partial charge in [0.25, 0.3) is 5.91 Å². The number of carbonyl (C=O) groups is 2. The lowest BCUT2D eigenvalue weighted by Gasteiger charge is -2.39. The monoisotopic (exact) mass is 422 g/mol. The molecule has 0 unspecified atom stereocenters. The average molecular weight is 423 g/mol. The molecule has 9 heteroatoms. The lowest BCUT2D eigenvalue weighted by molar-refractivity contribution is -0.164. The summed E-state index contributed by atoms with van der Waals surface area (Å²) in [5, 5.41) is 27.4. The molecule has 0 aliphatic carbocycles. The first kappa shape index (κ1) is 22.7. The Bertz CT molecular complexity index is 729. The highest BCUT2D eigenvalue weighted by Gasteiger charge is 2.42. The number of likely N-dealkylation sites (tertiary alicyclic amines) is 1. The molecule has 1 aromatic heterocycles. The van der Waals surface area contributed by atoms with Gasteiger partial charge in [-0.3, -0.25) is 14.7 Å². The minimum atomic E-state index is -1.18. The van der Waals surface area contributed by atoms with E-state index in [1.54, 1.807) is 11.0 Å². The van der Waals surface area contributed by atoms with Gasteiger partial charge in [-0.05, 0) is 65.2 Å². The van der Waals surface area contributed by atoms with Crippen LogP contribution in [0.25, 0.3) is 0 Å². The molecule has 1 spiro atoms. The van der Waals surface area contributed by atoms with Crippen molar-refractivity contribution >= 4 is 11.9 Å². The smallest absolute Gasteiger partial charge is 0.312 e. The van der Waals surface area contributed by atoms with Crippen LogP contribution in [0.3, 0.4) is 0 Å². The zero-order chi connectivity index (χ0) is 21.7. The summed E-state index contributed by atoms with van der Waals surface area (Å²) in [6.45, 7) is 4.06. The lowest BCUT2D eigenvalue weighted by atomic mass is 9.74. The van der Waals surface area contributed by atoms with Gasteiger partial charge in [0.05, 0.1) is 11.5 Å². The maximum atomic E-state index is 12.9. The van der Waals surface area contributed by atoms with E-state index in [-0.39, 0.29) is 24.9 Å². The first-order valence-electron chi connectivity index (χ1n) is 10.8. The minimum Gasteiger partial charge on any atom is -0.462 e. The molecule has 1 aromatic rings. The van der Waals surface area contributed by atoms with Gasteiger partial charge in [0.1, 0.15) is 18.4 Å². The molecule has 2 fully saturated rings. The highest BCUT2D eigenvalue weighted by Crippen LogP contribution is 2.38. The van der Waals surface area contributed by atoms with E-state index in [4.69, 9.17) is 4.74 Å². The van der Waals surface area contributed by atoms with Crippen molar-refractivity contribution in [3.63, 3.8) is 0 Å². The second kappa shape index (κ2) is 9.89. The highest BCUT2D eigenvalue weighted by molar-refractivity contribution is 5.92. The van der Waals surface area contributed by atoms with Crippen molar-refractivity contribution in [1.82, 2.24) is 20.0 Å². The largest absolute Gasteiger partial charge is 0.462 e. The number of aromatic nitrogens is 2. The Balaban J connectivity index is 1.73. The maximum Gasteiger partial charge on any atom is 0.312 e. The predicted molar refractivity (Wildman–Crippen MR) is 110 cm³/mol. The molecule has 3 N–H and O–H groups in total. The van der Waals surface area contributed by atoms with Gasteiger partial charge in [0.15, 0.2) is 0 Å². The Morgan fingerprint density at radius 2 is 1.90 bits per heavy atom. The molecule has 2 saturated heterocycles. The van der Waals surface area contributed by atoms with Gasteiger partial charge in [-0.1, -0.05) is 6.42 Å². The number of H-pyrrole nitrogens is 1. The maximum absolute atomic E-state index is 12.9. The third kappa shape index (κ3) is 5.39. The topological polar surface area (TPSA) is 119 Å². The van der Waals surface area contributed by atoms with Crippen LogP contribution in [0.1, 0.15) is 54.7 Å². The van der Waals surface area contributed by atoms with E-state index in [0.717, 1.165) is 44.5 Å². The van der Waals surface area contributed by atoms with Gasteiger partial charge in [-0.25, -0.2) is 0 Å². The predicted octanol–water partition coefficient (Wildman–Crippen LogP) is 0.711. The molecule has 2 aliphatic heterocycles. The van der Waals surface area contributed by atoms with Crippen LogP contribution in [-0.4, -0.2) is 94.1 Å². The summed E-state index contributed by atoms with van der Waals surface area (Å²) >= 11 is 0. The molecular weight excluding hydrogens is 388 g/mol. The number of cyclic esters (lactones) is 1. The number of nitrogens with one attached hydrogen (secondary N) is 1. The average Bonchev–Trinajstić information content (AvgIpc) is 3.17. The second-order valence-corrected chi connectivity index (χ2v) is 8.79. The molecular formula is C21H34N4O5. The number of aliphatic hydroxyl groups is 2. The van der Waals surface area contributed by atoms with Crippen molar-refractivity contribution in [2.75, 3.05) is 39.8 Å². The fourth-order valence-electron chi connectivity index (χ4n) is 4.28. The van der Waals surface area contributed by atoms with Crippen molar-refractivity contribution in [3.05, 3.63) is 17.5 Å². The number of nitrogens with zero attached hydrogens (tertiary/aromatic N) is 3. The van der Waals surface area contributed by atoms with E-state index in [2.05, 4.69) is 15.1 Å². The Morgan fingerprint density at radius 3 is 2.57 bits per heavy atom. The van der Waals surface area contributed by atoms with Crippen LogP contribution in [0.15, 0.2) is 6.07 Å². The molecule has 2 atom stereocenters. The van der Waals surface area contributed by atoms with Crippen LogP contribution in [-0.2, 0) is 9.53 Å². The zero-order valence-corrected chi connectivity index (χ0v) is 18.0. The number of aliphatic hydroxyl groups excluding tert-OH is 2. The van der Waals surface area contributed by atoms with Gasteiger partial charge >= 0.3 is 5.97 Å². The minimum absolute atomic E-state index is 0.197. The number of carbonyl (C=O) groups excluding carboxylic acids is 2. The van der Waals surface area contributed by atoms with Gasteiger partial charge in [0.2, 0.25) is 0 Å².